The first kappa shape index (κ1) is 27.4. The summed E-state index contributed by atoms with van der Waals surface area (Å²) in [6.45, 7) is 1.04. The predicted molar refractivity (Wildman–Crippen MR) is 123 cm³/mol. The molecule has 0 saturated heterocycles. The van der Waals surface area contributed by atoms with Crippen LogP contribution in [0.5, 0.6) is 0 Å². The Bertz CT molecular complexity index is 1150. The lowest BCUT2D eigenvalue weighted by molar-refractivity contribution is -0.186. The molecule has 34 heavy (non-hydrogen) atoms. The number of fused-ring (bicyclic) bond motifs is 1. The summed E-state index contributed by atoms with van der Waals surface area (Å²) >= 11 is 1.38. The van der Waals surface area contributed by atoms with Gasteiger partial charge in [-0.1, -0.05) is 6.07 Å². The number of carbonyl (C=O) groups excluding carboxylic acids is 3. The minimum Gasteiger partial charge on any atom is -0.330 e. The number of nitrogens with one attached hydrogen (secondary N) is 1. The Hall–Kier alpha value is -2.86. The highest BCUT2D eigenvalue weighted by Gasteiger charge is 2.43. The standard InChI is InChI=1S/C20H19F3N2O4S2.C2H4O/c1-30-12-18(26)14-2-5-16(6-3-14)24-31(28,29)17-7-4-13-8-9-25(11-15(13)10-17)19(27)20(21,22)23;1-2-3/h2-7,10,24H,8-9,11-12H2,1H3;2H,1H3. The molecule has 0 fully saturated rings. The first-order chi connectivity index (χ1) is 15.9. The largest absolute Gasteiger partial charge is 0.471 e. The lowest BCUT2D eigenvalue weighted by atomic mass is 10.00. The molecule has 1 heterocycles. The molecule has 0 saturated carbocycles. The van der Waals surface area contributed by atoms with Crippen molar-refractivity contribution in [2.75, 3.05) is 23.3 Å². The van der Waals surface area contributed by atoms with Crippen LogP contribution in [-0.4, -0.2) is 56.0 Å². The summed E-state index contributed by atoms with van der Waals surface area (Å²) in [5.74, 6) is -1.70. The van der Waals surface area contributed by atoms with Gasteiger partial charge < -0.3 is 9.69 Å². The molecule has 1 aliphatic heterocycles. The van der Waals surface area contributed by atoms with E-state index in [0.717, 1.165) is 6.29 Å². The molecule has 0 aliphatic carbocycles. The van der Waals surface area contributed by atoms with Crippen LogP contribution in [0.1, 0.15) is 28.4 Å². The summed E-state index contributed by atoms with van der Waals surface area (Å²) in [4.78, 5) is 32.7. The van der Waals surface area contributed by atoms with E-state index in [1.165, 1.54) is 55.1 Å². The van der Waals surface area contributed by atoms with E-state index in [1.54, 1.807) is 12.3 Å². The summed E-state index contributed by atoms with van der Waals surface area (Å²) < 4.78 is 66.0. The Morgan fingerprint density at radius 1 is 1.12 bits per heavy atom. The van der Waals surface area contributed by atoms with E-state index in [9.17, 15) is 31.2 Å². The number of sulfonamides is 1. The molecule has 1 N–H and O–H groups in total. The van der Waals surface area contributed by atoms with E-state index in [4.69, 9.17) is 4.79 Å². The zero-order valence-electron chi connectivity index (χ0n) is 18.4. The maximum Gasteiger partial charge on any atom is 0.471 e. The van der Waals surface area contributed by atoms with Crippen LogP contribution in [-0.2, 0) is 32.6 Å². The summed E-state index contributed by atoms with van der Waals surface area (Å²) in [6.07, 6.45) is -2.22. The normalized spacial score (nSPS) is 13.3. The molecule has 0 spiro atoms. The van der Waals surface area contributed by atoms with Gasteiger partial charge in [0.15, 0.2) is 5.78 Å². The second-order valence-corrected chi connectivity index (χ2v) is 9.73. The molecule has 7 nitrogen and oxygen atoms in total. The third kappa shape index (κ3) is 7.07. The van der Waals surface area contributed by atoms with Gasteiger partial charge in [-0.25, -0.2) is 8.42 Å². The van der Waals surface area contributed by atoms with Crippen molar-refractivity contribution < 1.29 is 36.0 Å². The van der Waals surface area contributed by atoms with Crippen molar-refractivity contribution >= 4 is 45.4 Å². The first-order valence-electron chi connectivity index (χ1n) is 9.95. The summed E-state index contributed by atoms with van der Waals surface area (Å²) in [6, 6.07) is 10.2. The number of thioether (sulfide) groups is 1. The summed E-state index contributed by atoms with van der Waals surface area (Å²) in [7, 11) is -4.02. The monoisotopic (exact) mass is 516 g/mol. The smallest absolute Gasteiger partial charge is 0.330 e. The third-order valence-corrected chi connectivity index (χ3v) is 6.69. The molecule has 1 amide bonds. The number of amides is 1. The van der Waals surface area contributed by atoms with E-state index in [0.29, 0.717) is 27.3 Å². The van der Waals surface area contributed by atoms with Crippen LogP contribution in [0.4, 0.5) is 18.9 Å². The molecule has 2 aromatic rings. The molecule has 3 rings (SSSR count). The van der Waals surface area contributed by atoms with E-state index in [1.807, 2.05) is 0 Å². The first-order valence-corrected chi connectivity index (χ1v) is 12.8. The number of anilines is 1. The highest BCUT2D eigenvalue weighted by Crippen LogP contribution is 2.27. The fourth-order valence-electron chi connectivity index (χ4n) is 3.21. The van der Waals surface area contributed by atoms with Crippen LogP contribution in [0.15, 0.2) is 47.4 Å². The number of hydrogen-bond donors (Lipinski definition) is 1. The molecule has 0 atom stereocenters. The number of aldehydes is 1. The van der Waals surface area contributed by atoms with Gasteiger partial charge in [0.2, 0.25) is 0 Å². The van der Waals surface area contributed by atoms with Crippen LogP contribution in [0.3, 0.4) is 0 Å². The van der Waals surface area contributed by atoms with Crippen LogP contribution in [0.25, 0.3) is 0 Å². The molecule has 184 valence electrons. The zero-order chi connectivity index (χ0) is 25.5. The SMILES string of the molecule is CC=O.CSCC(=O)c1ccc(NS(=O)(=O)c2ccc3c(c2)CN(C(=O)C(F)(F)F)CC3)cc1. The molecular formula is C22H23F3N2O5S2. The lowest BCUT2D eigenvalue weighted by Gasteiger charge is -2.29. The maximum atomic E-state index is 12.7. The average Bonchev–Trinajstić information content (AvgIpc) is 2.78. The number of nitrogens with zero attached hydrogens (tertiary/aromatic N) is 1. The number of benzene rings is 2. The fourth-order valence-corrected chi connectivity index (χ4v) is 4.74. The number of ketones is 1. The van der Waals surface area contributed by atoms with Gasteiger partial charge >= 0.3 is 12.1 Å². The quantitative estimate of drug-likeness (QED) is 0.464. The molecule has 0 unspecified atom stereocenters. The van der Waals surface area contributed by atoms with Gasteiger partial charge in [0.05, 0.1) is 10.6 Å². The van der Waals surface area contributed by atoms with Crippen molar-refractivity contribution in [3.8, 4) is 0 Å². The number of rotatable bonds is 6. The zero-order valence-corrected chi connectivity index (χ0v) is 20.0. The van der Waals surface area contributed by atoms with Gasteiger partial charge in [0, 0.05) is 24.3 Å². The fraction of sp³-hybridized carbons (Fsp3) is 0.318. The molecule has 2 aromatic carbocycles. The van der Waals surface area contributed by atoms with Crippen LogP contribution >= 0.6 is 11.8 Å². The molecule has 12 heteroatoms. The predicted octanol–water partition coefficient (Wildman–Crippen LogP) is 3.69. The van der Waals surface area contributed by atoms with Crippen molar-refractivity contribution in [1.82, 2.24) is 4.90 Å². The van der Waals surface area contributed by atoms with Crippen LogP contribution in [0.2, 0.25) is 0 Å². The number of carbonyl (C=O) groups is 3. The van der Waals surface area contributed by atoms with Crippen molar-refractivity contribution in [2.45, 2.75) is 31.0 Å². The van der Waals surface area contributed by atoms with Gasteiger partial charge in [0.1, 0.15) is 6.29 Å². The van der Waals surface area contributed by atoms with E-state index in [2.05, 4.69) is 4.72 Å². The summed E-state index contributed by atoms with van der Waals surface area (Å²) in [5, 5.41) is 0. The second-order valence-electron chi connectivity index (χ2n) is 7.18. The molecular weight excluding hydrogens is 493 g/mol. The van der Waals surface area contributed by atoms with Gasteiger partial charge in [-0.3, -0.25) is 14.3 Å². The van der Waals surface area contributed by atoms with Crippen LogP contribution < -0.4 is 4.72 Å². The third-order valence-electron chi connectivity index (χ3n) is 4.76. The molecule has 1 aliphatic rings. The van der Waals surface area contributed by atoms with Gasteiger partial charge in [0.25, 0.3) is 10.0 Å². The lowest BCUT2D eigenvalue weighted by Crippen LogP contribution is -2.43. The Kier molecular flexibility index (Phi) is 9.28. The number of alkyl halides is 3. The number of Topliss-reactive ketones (excluding diaryl/α,β-unsaturated/α-hetero) is 1. The highest BCUT2D eigenvalue weighted by atomic mass is 32.2. The van der Waals surface area contributed by atoms with Gasteiger partial charge in [-0.2, -0.15) is 24.9 Å². The van der Waals surface area contributed by atoms with E-state index in [-0.39, 0.29) is 35.9 Å². The minimum absolute atomic E-state index is 0.0745. The molecule has 0 radical (unpaired) electrons. The van der Waals surface area contributed by atoms with E-state index < -0.39 is 22.1 Å². The molecule has 0 aromatic heterocycles. The van der Waals surface area contributed by atoms with Crippen LogP contribution in [0, 0.1) is 0 Å². The minimum atomic E-state index is -4.98. The van der Waals surface area contributed by atoms with Gasteiger partial charge in [-0.15, -0.1) is 0 Å². The van der Waals surface area contributed by atoms with Crippen molar-refractivity contribution in [3.05, 3.63) is 59.2 Å². The Morgan fingerprint density at radius 3 is 2.29 bits per heavy atom. The molecule has 0 bridgehead atoms. The Morgan fingerprint density at radius 2 is 1.74 bits per heavy atom. The van der Waals surface area contributed by atoms with E-state index >= 15 is 0 Å². The maximum absolute atomic E-state index is 12.7. The van der Waals surface area contributed by atoms with Crippen molar-refractivity contribution in [2.24, 2.45) is 0 Å². The summed E-state index contributed by atoms with van der Waals surface area (Å²) in [5.41, 5.74) is 1.75. The number of hydrogen-bond acceptors (Lipinski definition) is 6. The van der Waals surface area contributed by atoms with Crippen molar-refractivity contribution in [1.29, 1.82) is 0 Å². The number of halogens is 3. The van der Waals surface area contributed by atoms with Crippen molar-refractivity contribution in [3.63, 3.8) is 0 Å². The highest BCUT2D eigenvalue weighted by molar-refractivity contribution is 7.99. The van der Waals surface area contributed by atoms with Gasteiger partial charge in [-0.05, 0) is 67.1 Å². The average molecular weight is 517 g/mol. The Balaban J connectivity index is 0.00000129. The Labute approximate surface area is 199 Å². The second kappa shape index (κ2) is 11.5. The topological polar surface area (TPSA) is 101 Å².